The highest BCUT2D eigenvalue weighted by Crippen LogP contribution is 2.24. The van der Waals surface area contributed by atoms with Crippen LogP contribution in [0.15, 0.2) is 42.5 Å². The minimum absolute atomic E-state index is 0.0314. The maximum atomic E-state index is 12.0. The number of hydrogen-bond acceptors (Lipinski definition) is 3. The summed E-state index contributed by atoms with van der Waals surface area (Å²) in [4.78, 5) is 23.4. The van der Waals surface area contributed by atoms with E-state index >= 15 is 0 Å². The molecule has 2 aromatic carbocycles. The number of carbonyl (C=O) groups is 2. The summed E-state index contributed by atoms with van der Waals surface area (Å²) in [6.45, 7) is 0.588. The summed E-state index contributed by atoms with van der Waals surface area (Å²) in [5, 5.41) is 5.77. The maximum Gasteiger partial charge on any atom is 0.228 e. The molecule has 1 aliphatic heterocycles. The van der Waals surface area contributed by atoms with E-state index in [2.05, 4.69) is 10.6 Å². The van der Waals surface area contributed by atoms with E-state index in [0.717, 1.165) is 34.5 Å². The quantitative estimate of drug-likeness (QED) is 0.815. The Labute approximate surface area is 147 Å². The standard InChI is InChI=1S/C20H22N2O3/c1-25-18-5-3-2-4-15(18)7-9-19(23)21-11-10-14-6-8-17-16(12-14)13-20(24)22-17/h2-6,8,12H,7,9-11,13H2,1H3,(H,21,23)(H,22,24). The van der Waals surface area contributed by atoms with Crippen molar-refractivity contribution in [2.45, 2.75) is 25.7 Å². The second kappa shape index (κ2) is 7.83. The van der Waals surface area contributed by atoms with Crippen molar-refractivity contribution >= 4 is 17.5 Å². The smallest absolute Gasteiger partial charge is 0.228 e. The molecule has 25 heavy (non-hydrogen) atoms. The van der Waals surface area contributed by atoms with Gasteiger partial charge in [-0.2, -0.15) is 0 Å². The van der Waals surface area contributed by atoms with Gasteiger partial charge < -0.3 is 15.4 Å². The number of carbonyl (C=O) groups excluding carboxylic acids is 2. The summed E-state index contributed by atoms with van der Waals surface area (Å²) in [5.41, 5.74) is 4.09. The van der Waals surface area contributed by atoms with E-state index in [9.17, 15) is 9.59 Å². The van der Waals surface area contributed by atoms with E-state index in [1.165, 1.54) is 0 Å². The lowest BCUT2D eigenvalue weighted by Gasteiger charge is -2.09. The van der Waals surface area contributed by atoms with Gasteiger partial charge in [0.2, 0.25) is 11.8 Å². The molecular weight excluding hydrogens is 316 g/mol. The van der Waals surface area contributed by atoms with E-state index in [0.29, 0.717) is 25.8 Å². The van der Waals surface area contributed by atoms with Gasteiger partial charge in [0.15, 0.2) is 0 Å². The van der Waals surface area contributed by atoms with Crippen LogP contribution in [0.3, 0.4) is 0 Å². The summed E-state index contributed by atoms with van der Waals surface area (Å²) >= 11 is 0. The van der Waals surface area contributed by atoms with Crippen molar-refractivity contribution in [3.8, 4) is 5.75 Å². The Bertz CT molecular complexity index is 786. The minimum atomic E-state index is 0.0314. The fourth-order valence-corrected chi connectivity index (χ4v) is 3.03. The predicted molar refractivity (Wildman–Crippen MR) is 96.8 cm³/mol. The van der Waals surface area contributed by atoms with Crippen molar-refractivity contribution < 1.29 is 14.3 Å². The van der Waals surface area contributed by atoms with E-state index < -0.39 is 0 Å². The van der Waals surface area contributed by atoms with E-state index in [1.807, 2.05) is 42.5 Å². The third kappa shape index (κ3) is 4.38. The van der Waals surface area contributed by atoms with Crippen molar-refractivity contribution in [1.29, 1.82) is 0 Å². The molecular formula is C20H22N2O3. The third-order valence-corrected chi connectivity index (χ3v) is 4.34. The molecule has 2 N–H and O–H groups in total. The average Bonchev–Trinajstić information content (AvgIpc) is 2.99. The number of methoxy groups -OCH3 is 1. The molecule has 2 aromatic rings. The van der Waals surface area contributed by atoms with Crippen LogP contribution < -0.4 is 15.4 Å². The molecule has 5 heteroatoms. The molecule has 0 saturated heterocycles. The molecule has 130 valence electrons. The van der Waals surface area contributed by atoms with Gasteiger partial charge in [0.25, 0.3) is 0 Å². The van der Waals surface area contributed by atoms with Crippen molar-refractivity contribution in [2.75, 3.05) is 19.0 Å². The Morgan fingerprint density at radius 3 is 2.88 bits per heavy atom. The largest absolute Gasteiger partial charge is 0.496 e. The molecule has 0 aromatic heterocycles. The van der Waals surface area contributed by atoms with Crippen LogP contribution in [0, 0.1) is 0 Å². The van der Waals surface area contributed by atoms with Gasteiger partial charge in [-0.25, -0.2) is 0 Å². The molecule has 0 spiro atoms. The number of amides is 2. The normalized spacial score (nSPS) is 12.4. The average molecular weight is 338 g/mol. The fraction of sp³-hybridized carbons (Fsp3) is 0.300. The van der Waals surface area contributed by atoms with Gasteiger partial charge >= 0.3 is 0 Å². The van der Waals surface area contributed by atoms with Crippen molar-refractivity contribution in [3.63, 3.8) is 0 Å². The highest BCUT2D eigenvalue weighted by atomic mass is 16.5. The van der Waals surface area contributed by atoms with Crippen LogP contribution in [0.5, 0.6) is 5.75 Å². The van der Waals surface area contributed by atoms with Gasteiger partial charge in [0.1, 0.15) is 5.75 Å². The number of ether oxygens (including phenoxy) is 1. The number of aryl methyl sites for hydroxylation is 1. The summed E-state index contributed by atoms with van der Waals surface area (Å²) < 4.78 is 5.30. The maximum absolute atomic E-state index is 12.0. The second-order valence-corrected chi connectivity index (χ2v) is 6.13. The highest BCUT2D eigenvalue weighted by molar-refractivity contribution is 5.99. The summed E-state index contributed by atoms with van der Waals surface area (Å²) in [6, 6.07) is 13.7. The Morgan fingerprint density at radius 1 is 1.20 bits per heavy atom. The third-order valence-electron chi connectivity index (χ3n) is 4.34. The topological polar surface area (TPSA) is 67.4 Å². The Hall–Kier alpha value is -2.82. The SMILES string of the molecule is COc1ccccc1CCC(=O)NCCc1ccc2c(c1)CC(=O)N2. The van der Waals surface area contributed by atoms with Crippen molar-refractivity contribution in [2.24, 2.45) is 0 Å². The van der Waals surface area contributed by atoms with Gasteiger partial charge in [-0.05, 0) is 41.7 Å². The van der Waals surface area contributed by atoms with Crippen molar-refractivity contribution in [3.05, 3.63) is 59.2 Å². The second-order valence-electron chi connectivity index (χ2n) is 6.13. The fourth-order valence-electron chi connectivity index (χ4n) is 3.03. The van der Waals surface area contributed by atoms with Gasteiger partial charge in [-0.3, -0.25) is 9.59 Å². The van der Waals surface area contributed by atoms with E-state index in [1.54, 1.807) is 7.11 Å². The van der Waals surface area contributed by atoms with Crippen LogP contribution in [-0.2, 0) is 28.9 Å². The first-order valence-electron chi connectivity index (χ1n) is 8.46. The van der Waals surface area contributed by atoms with E-state index in [4.69, 9.17) is 4.74 Å². The zero-order chi connectivity index (χ0) is 17.6. The Morgan fingerprint density at radius 2 is 2.04 bits per heavy atom. The molecule has 1 aliphatic rings. The Kier molecular flexibility index (Phi) is 5.33. The molecule has 0 unspecified atom stereocenters. The summed E-state index contributed by atoms with van der Waals surface area (Å²) in [6.07, 6.45) is 2.28. The molecule has 0 bridgehead atoms. The first-order chi connectivity index (χ1) is 12.2. The van der Waals surface area contributed by atoms with Crippen LogP contribution in [0.25, 0.3) is 0 Å². The van der Waals surface area contributed by atoms with Crippen LogP contribution in [0.2, 0.25) is 0 Å². The Balaban J connectivity index is 1.44. The van der Waals surface area contributed by atoms with Crippen molar-refractivity contribution in [1.82, 2.24) is 5.32 Å². The minimum Gasteiger partial charge on any atom is -0.496 e. The lowest BCUT2D eigenvalue weighted by atomic mass is 10.1. The monoisotopic (exact) mass is 338 g/mol. The molecule has 1 heterocycles. The van der Waals surface area contributed by atoms with Gasteiger partial charge in [-0.15, -0.1) is 0 Å². The molecule has 0 atom stereocenters. The van der Waals surface area contributed by atoms with Crippen LogP contribution in [0.1, 0.15) is 23.1 Å². The molecule has 5 nitrogen and oxygen atoms in total. The number of hydrogen-bond donors (Lipinski definition) is 2. The zero-order valence-corrected chi connectivity index (χ0v) is 14.3. The van der Waals surface area contributed by atoms with Crippen LogP contribution in [0.4, 0.5) is 5.69 Å². The highest BCUT2D eigenvalue weighted by Gasteiger charge is 2.17. The van der Waals surface area contributed by atoms with Gasteiger partial charge in [0, 0.05) is 18.7 Å². The van der Waals surface area contributed by atoms with Crippen LogP contribution in [-0.4, -0.2) is 25.5 Å². The number of rotatable bonds is 7. The zero-order valence-electron chi connectivity index (χ0n) is 14.3. The number of para-hydroxylation sites is 1. The van der Waals surface area contributed by atoms with Crippen LogP contribution >= 0.6 is 0 Å². The lowest BCUT2D eigenvalue weighted by molar-refractivity contribution is -0.121. The molecule has 2 amide bonds. The number of anilines is 1. The molecule has 3 rings (SSSR count). The number of fused-ring (bicyclic) bond motifs is 1. The van der Waals surface area contributed by atoms with Gasteiger partial charge in [0.05, 0.1) is 13.5 Å². The molecule has 0 fully saturated rings. The summed E-state index contributed by atoms with van der Waals surface area (Å²) in [7, 11) is 1.64. The summed E-state index contributed by atoms with van der Waals surface area (Å²) in [5.74, 6) is 0.886. The number of nitrogens with one attached hydrogen (secondary N) is 2. The van der Waals surface area contributed by atoms with Gasteiger partial charge in [-0.1, -0.05) is 30.3 Å². The molecule has 0 aliphatic carbocycles. The first-order valence-corrected chi connectivity index (χ1v) is 8.46. The van der Waals surface area contributed by atoms with E-state index in [-0.39, 0.29) is 11.8 Å². The number of benzene rings is 2. The molecule has 0 saturated carbocycles. The predicted octanol–water partition coefficient (Wildman–Crippen LogP) is 2.48. The first kappa shape index (κ1) is 17.0. The molecule has 0 radical (unpaired) electrons. The lowest BCUT2D eigenvalue weighted by Crippen LogP contribution is -2.25.